The maximum Gasteiger partial charge on any atom is 0.146 e. The van der Waals surface area contributed by atoms with Crippen molar-refractivity contribution in [2.75, 3.05) is 18.5 Å². The molecule has 2 heterocycles. The largest absolute Gasteiger partial charge is 0.372 e. The van der Waals surface area contributed by atoms with E-state index in [0.717, 1.165) is 17.0 Å². The summed E-state index contributed by atoms with van der Waals surface area (Å²) in [5.74, 6) is 0. The lowest BCUT2D eigenvalue weighted by Gasteiger charge is -2.23. The first kappa shape index (κ1) is 13.1. The second-order valence-corrected chi connectivity index (χ2v) is 5.04. The van der Waals surface area contributed by atoms with Crippen molar-refractivity contribution in [2.45, 2.75) is 6.23 Å². The van der Waals surface area contributed by atoms with Crippen LogP contribution < -0.4 is 4.90 Å². The molecule has 2 aromatic rings. The molecule has 3 rings (SSSR count). The van der Waals surface area contributed by atoms with Crippen molar-refractivity contribution in [1.82, 2.24) is 4.98 Å². The first-order chi connectivity index (χ1) is 9.66. The fraction of sp³-hybridized carbons (Fsp3) is 0.200. The molecule has 4 nitrogen and oxygen atoms in total. The van der Waals surface area contributed by atoms with E-state index in [2.05, 4.69) is 9.98 Å². The number of hydrogen-bond donors (Lipinski definition) is 1. The van der Waals surface area contributed by atoms with Gasteiger partial charge in [-0.3, -0.25) is 4.99 Å². The van der Waals surface area contributed by atoms with Gasteiger partial charge in [0, 0.05) is 12.6 Å². The number of nitrogens with zero attached hydrogens (tertiary/aromatic N) is 3. The van der Waals surface area contributed by atoms with E-state index >= 15 is 0 Å². The van der Waals surface area contributed by atoms with E-state index in [4.69, 9.17) is 11.6 Å². The molecule has 0 bridgehead atoms. The van der Waals surface area contributed by atoms with E-state index in [1.165, 1.54) is 0 Å². The lowest BCUT2D eigenvalue weighted by atomic mass is 10.1. The Balaban J connectivity index is 2.20. The average molecular weight is 288 g/mol. The Labute approximate surface area is 122 Å². The van der Waals surface area contributed by atoms with Gasteiger partial charge < -0.3 is 10.0 Å². The third kappa shape index (κ3) is 2.28. The summed E-state index contributed by atoms with van der Waals surface area (Å²) >= 11 is 6.02. The van der Waals surface area contributed by atoms with Crippen molar-refractivity contribution < 1.29 is 5.11 Å². The van der Waals surface area contributed by atoms with Gasteiger partial charge in [0.1, 0.15) is 17.1 Å². The molecule has 1 aromatic heterocycles. The van der Waals surface area contributed by atoms with Crippen LogP contribution in [0.2, 0.25) is 5.15 Å². The Hall–Kier alpha value is -1.91. The van der Waals surface area contributed by atoms with E-state index in [-0.39, 0.29) is 0 Å². The normalized spacial score (nSPS) is 18.2. The molecule has 0 fully saturated rings. The molecule has 0 radical (unpaired) electrons. The lowest BCUT2D eigenvalue weighted by Crippen LogP contribution is -2.33. The van der Waals surface area contributed by atoms with E-state index in [9.17, 15) is 5.11 Å². The Morgan fingerprint density at radius 1 is 1.20 bits per heavy atom. The summed E-state index contributed by atoms with van der Waals surface area (Å²) < 4.78 is 0. The Kier molecular flexibility index (Phi) is 3.42. The van der Waals surface area contributed by atoms with Gasteiger partial charge in [-0.15, -0.1) is 0 Å². The molecule has 0 aliphatic carbocycles. The molecule has 5 heteroatoms. The van der Waals surface area contributed by atoms with E-state index < -0.39 is 6.23 Å². The zero-order chi connectivity index (χ0) is 14.1. The van der Waals surface area contributed by atoms with Crippen LogP contribution >= 0.6 is 11.6 Å². The predicted molar refractivity (Wildman–Crippen MR) is 80.6 cm³/mol. The van der Waals surface area contributed by atoms with Crippen molar-refractivity contribution in [3.8, 4) is 0 Å². The molecular weight excluding hydrogens is 274 g/mol. The highest BCUT2D eigenvalue weighted by atomic mass is 35.5. The highest BCUT2D eigenvalue weighted by Gasteiger charge is 2.24. The first-order valence-corrected chi connectivity index (χ1v) is 6.72. The third-order valence-electron chi connectivity index (χ3n) is 3.35. The van der Waals surface area contributed by atoms with Crippen molar-refractivity contribution in [3.63, 3.8) is 0 Å². The molecule has 1 N–H and O–H groups in total. The SMILES string of the molecule is CN1c2ccc(Cl)nc2C(c2ccccc2)=NCC1O. The van der Waals surface area contributed by atoms with Crippen molar-refractivity contribution >= 4 is 23.0 Å². The van der Waals surface area contributed by atoms with E-state index in [0.29, 0.717) is 17.4 Å². The van der Waals surface area contributed by atoms with Crippen LogP contribution in [0.3, 0.4) is 0 Å². The zero-order valence-corrected chi connectivity index (χ0v) is 11.7. The number of aliphatic hydroxyl groups excluding tert-OH is 1. The molecule has 1 aliphatic rings. The summed E-state index contributed by atoms with van der Waals surface area (Å²) in [5.41, 5.74) is 3.24. The molecular formula is C15H14ClN3O. The van der Waals surface area contributed by atoms with Gasteiger partial charge in [-0.05, 0) is 12.1 Å². The number of hydrogen-bond acceptors (Lipinski definition) is 4. The molecule has 1 unspecified atom stereocenters. The number of aliphatic hydroxyl groups is 1. The van der Waals surface area contributed by atoms with Gasteiger partial charge in [-0.2, -0.15) is 0 Å². The average Bonchev–Trinajstić information content (AvgIpc) is 2.58. The molecule has 1 aromatic carbocycles. The van der Waals surface area contributed by atoms with Crippen LogP contribution in [0, 0.1) is 0 Å². The van der Waals surface area contributed by atoms with Crippen LogP contribution in [0.25, 0.3) is 0 Å². The van der Waals surface area contributed by atoms with Crippen LogP contribution in [0.1, 0.15) is 11.3 Å². The quantitative estimate of drug-likeness (QED) is 0.819. The molecule has 0 saturated carbocycles. The summed E-state index contributed by atoms with van der Waals surface area (Å²) in [5, 5.41) is 10.5. The monoisotopic (exact) mass is 287 g/mol. The predicted octanol–water partition coefficient (Wildman–Crippen LogP) is 2.34. The van der Waals surface area contributed by atoms with Crippen molar-refractivity contribution in [3.05, 3.63) is 58.9 Å². The fourth-order valence-corrected chi connectivity index (χ4v) is 2.39. The van der Waals surface area contributed by atoms with E-state index in [1.54, 1.807) is 11.0 Å². The zero-order valence-electron chi connectivity index (χ0n) is 11.0. The maximum absolute atomic E-state index is 10.1. The number of anilines is 1. The molecule has 20 heavy (non-hydrogen) atoms. The highest BCUT2D eigenvalue weighted by Crippen LogP contribution is 2.27. The second kappa shape index (κ2) is 5.23. The maximum atomic E-state index is 10.1. The van der Waals surface area contributed by atoms with Crippen LogP contribution in [0.4, 0.5) is 5.69 Å². The van der Waals surface area contributed by atoms with Gasteiger partial charge in [0.2, 0.25) is 0 Å². The Morgan fingerprint density at radius 3 is 2.70 bits per heavy atom. The smallest absolute Gasteiger partial charge is 0.146 e. The van der Waals surface area contributed by atoms with Crippen molar-refractivity contribution in [2.24, 2.45) is 4.99 Å². The van der Waals surface area contributed by atoms with Gasteiger partial charge in [0.25, 0.3) is 0 Å². The van der Waals surface area contributed by atoms with E-state index in [1.807, 2.05) is 43.4 Å². The minimum absolute atomic E-state index is 0.300. The highest BCUT2D eigenvalue weighted by molar-refractivity contribution is 6.30. The van der Waals surface area contributed by atoms with Gasteiger partial charge in [-0.1, -0.05) is 41.9 Å². The first-order valence-electron chi connectivity index (χ1n) is 6.34. The number of aromatic nitrogens is 1. The molecule has 102 valence electrons. The van der Waals surface area contributed by atoms with Crippen LogP contribution in [0.15, 0.2) is 47.5 Å². The summed E-state index contributed by atoms with van der Waals surface area (Å²) in [6.07, 6.45) is -0.669. The number of rotatable bonds is 1. The van der Waals surface area contributed by atoms with Crippen molar-refractivity contribution in [1.29, 1.82) is 0 Å². The molecule has 1 aliphatic heterocycles. The number of aliphatic imine (C=N–C) groups is 1. The Bertz CT molecular complexity index is 657. The molecule has 0 spiro atoms. The summed E-state index contributed by atoms with van der Waals surface area (Å²) in [4.78, 5) is 10.7. The number of benzene rings is 1. The molecule has 1 atom stereocenters. The number of fused-ring (bicyclic) bond motifs is 1. The number of likely N-dealkylation sites (N-methyl/N-ethyl adjacent to an activating group) is 1. The molecule has 0 saturated heterocycles. The number of halogens is 1. The summed E-state index contributed by atoms with van der Waals surface area (Å²) in [6, 6.07) is 13.4. The minimum atomic E-state index is -0.669. The topological polar surface area (TPSA) is 48.7 Å². The van der Waals surface area contributed by atoms with Gasteiger partial charge >= 0.3 is 0 Å². The number of pyridine rings is 1. The van der Waals surface area contributed by atoms with Gasteiger partial charge in [0.05, 0.1) is 17.9 Å². The molecule has 0 amide bonds. The summed E-state index contributed by atoms with van der Waals surface area (Å²) in [7, 11) is 1.82. The summed E-state index contributed by atoms with van der Waals surface area (Å²) in [6.45, 7) is 0.300. The second-order valence-electron chi connectivity index (χ2n) is 4.65. The van der Waals surface area contributed by atoms with Gasteiger partial charge in [-0.25, -0.2) is 4.98 Å². The Morgan fingerprint density at radius 2 is 1.95 bits per heavy atom. The minimum Gasteiger partial charge on any atom is -0.372 e. The standard InChI is InChI=1S/C15H14ClN3O/c1-19-11-7-8-12(16)18-15(11)14(17-9-13(19)20)10-5-3-2-4-6-10/h2-8,13,20H,9H2,1H3. The van der Waals surface area contributed by atoms with Gasteiger partial charge in [0.15, 0.2) is 0 Å². The van der Waals surface area contributed by atoms with Crippen LogP contribution in [-0.4, -0.2) is 35.6 Å². The third-order valence-corrected chi connectivity index (χ3v) is 3.56. The van der Waals surface area contributed by atoms with Crippen LogP contribution in [-0.2, 0) is 0 Å². The lowest BCUT2D eigenvalue weighted by molar-refractivity contribution is 0.184. The van der Waals surface area contributed by atoms with Crippen LogP contribution in [0.5, 0.6) is 0 Å². The fourth-order valence-electron chi connectivity index (χ4n) is 2.24.